The largest absolute Gasteiger partial charge is 0.547 e. The number of hydrogen-bond acceptors (Lipinski definition) is 4. The Balaban J connectivity index is 2.40. The molecule has 1 aromatic rings. The molecule has 2 rings (SSSR count). The minimum absolute atomic E-state index is 0.0979. The second-order valence-electron chi connectivity index (χ2n) is 6.77. The maximum absolute atomic E-state index is 13.6. The Morgan fingerprint density at radius 1 is 1.33 bits per heavy atom. The van der Waals surface area contributed by atoms with Crippen molar-refractivity contribution in [1.82, 2.24) is 0 Å². The summed E-state index contributed by atoms with van der Waals surface area (Å²) in [6.07, 6.45) is -3.19. The summed E-state index contributed by atoms with van der Waals surface area (Å²) in [5.74, 6) is -3.84. The monoisotopic (exact) mass is 362 g/mol. The lowest BCUT2D eigenvalue weighted by atomic mass is 9.76. The fourth-order valence-electron chi connectivity index (χ4n) is 2.85. The fourth-order valence-corrected chi connectivity index (χ4v) is 3.78. The molecule has 24 heavy (non-hydrogen) atoms. The Morgan fingerprint density at radius 2 is 2.00 bits per heavy atom. The SMILES string of the molecule is COC1C=C(O[Si](C)(C)C)C[C@H](C(F)(F)F)[C@H]1C(=O)c1ccco1. The van der Waals surface area contributed by atoms with Crippen LogP contribution in [-0.4, -0.2) is 33.5 Å². The van der Waals surface area contributed by atoms with Gasteiger partial charge in [-0.05, 0) is 37.8 Å². The molecule has 0 spiro atoms. The molecule has 1 aromatic heterocycles. The summed E-state index contributed by atoms with van der Waals surface area (Å²) in [5, 5.41) is 0. The molecule has 0 bridgehead atoms. The number of halogens is 3. The average molecular weight is 362 g/mol. The zero-order valence-electron chi connectivity index (χ0n) is 14.0. The van der Waals surface area contributed by atoms with Gasteiger partial charge in [-0.25, -0.2) is 0 Å². The highest BCUT2D eigenvalue weighted by atomic mass is 28.4. The Kier molecular flexibility index (Phi) is 5.29. The van der Waals surface area contributed by atoms with Gasteiger partial charge < -0.3 is 13.6 Å². The number of hydrogen-bond donors (Lipinski definition) is 0. The Bertz CT molecular complexity index is 602. The van der Waals surface area contributed by atoms with E-state index >= 15 is 0 Å². The van der Waals surface area contributed by atoms with E-state index in [9.17, 15) is 18.0 Å². The van der Waals surface area contributed by atoms with E-state index in [2.05, 4.69) is 0 Å². The summed E-state index contributed by atoms with van der Waals surface area (Å²) in [5.41, 5.74) is 0. The van der Waals surface area contributed by atoms with Crippen LogP contribution in [0.5, 0.6) is 0 Å². The van der Waals surface area contributed by atoms with Crippen molar-refractivity contribution in [2.75, 3.05) is 7.11 Å². The summed E-state index contributed by atoms with van der Waals surface area (Å²) >= 11 is 0. The smallest absolute Gasteiger partial charge is 0.393 e. The van der Waals surface area contributed by atoms with E-state index in [-0.39, 0.29) is 17.9 Å². The number of furan rings is 1. The van der Waals surface area contributed by atoms with E-state index in [1.807, 2.05) is 19.6 Å². The highest BCUT2D eigenvalue weighted by Crippen LogP contribution is 2.44. The molecule has 1 aliphatic rings. The standard InChI is InChI=1S/C16H21F3O4Si/c1-21-13-9-10(23-24(2,3)4)8-11(16(17,18)19)14(13)15(20)12-6-5-7-22-12/h5-7,9,11,13-14H,8H2,1-4H3/t11-,13?,14+/m0/s1. The molecule has 0 fully saturated rings. The minimum Gasteiger partial charge on any atom is -0.547 e. The first-order valence-corrected chi connectivity index (χ1v) is 11.0. The first kappa shape index (κ1) is 18.8. The molecule has 0 aromatic carbocycles. The number of rotatable bonds is 5. The summed E-state index contributed by atoms with van der Waals surface area (Å²) in [6, 6.07) is 2.83. The number of Topliss-reactive ketones (excluding diaryl/α,β-unsaturated/α-hetero) is 1. The number of allylic oxidation sites excluding steroid dienone is 1. The van der Waals surface area contributed by atoms with E-state index in [4.69, 9.17) is 13.6 Å². The fraction of sp³-hybridized carbons (Fsp3) is 0.562. The van der Waals surface area contributed by atoms with Gasteiger partial charge >= 0.3 is 6.18 Å². The highest BCUT2D eigenvalue weighted by molar-refractivity contribution is 6.70. The van der Waals surface area contributed by atoms with Gasteiger partial charge in [0.05, 0.1) is 30.0 Å². The number of methoxy groups -OCH3 is 1. The third-order valence-electron chi connectivity index (χ3n) is 3.76. The van der Waals surface area contributed by atoms with Gasteiger partial charge in [0, 0.05) is 13.5 Å². The topological polar surface area (TPSA) is 48.7 Å². The summed E-state index contributed by atoms with van der Waals surface area (Å²) in [7, 11) is -0.786. The Labute approximate surface area is 139 Å². The molecule has 4 nitrogen and oxygen atoms in total. The lowest BCUT2D eigenvalue weighted by Crippen LogP contribution is -2.45. The van der Waals surface area contributed by atoms with E-state index < -0.39 is 38.2 Å². The number of carbonyl (C=O) groups excluding carboxylic acids is 1. The Hall–Kier alpha value is -1.54. The molecule has 0 amide bonds. The van der Waals surface area contributed by atoms with Gasteiger partial charge in [-0.15, -0.1) is 0 Å². The number of ether oxygens (including phenoxy) is 1. The maximum Gasteiger partial charge on any atom is 0.393 e. The summed E-state index contributed by atoms with van der Waals surface area (Å²) < 4.78 is 56.7. The predicted molar refractivity (Wildman–Crippen MR) is 84.0 cm³/mol. The van der Waals surface area contributed by atoms with E-state index in [0.717, 1.165) is 0 Å². The summed E-state index contributed by atoms with van der Waals surface area (Å²) in [4.78, 5) is 12.5. The van der Waals surface area contributed by atoms with Gasteiger partial charge in [0.1, 0.15) is 0 Å². The van der Waals surface area contributed by atoms with Gasteiger partial charge in [0.15, 0.2) is 5.76 Å². The van der Waals surface area contributed by atoms with Crippen molar-refractivity contribution in [3.8, 4) is 0 Å². The second kappa shape index (κ2) is 6.76. The molecular weight excluding hydrogens is 341 g/mol. The van der Waals surface area contributed by atoms with Gasteiger partial charge in [0.2, 0.25) is 14.1 Å². The van der Waals surface area contributed by atoms with Gasteiger partial charge in [-0.3, -0.25) is 4.79 Å². The van der Waals surface area contributed by atoms with Crippen molar-refractivity contribution in [3.05, 3.63) is 36.0 Å². The molecule has 0 saturated heterocycles. The van der Waals surface area contributed by atoms with Gasteiger partial charge in [-0.2, -0.15) is 13.2 Å². The van der Waals surface area contributed by atoms with Crippen molar-refractivity contribution >= 4 is 14.1 Å². The number of carbonyl (C=O) groups is 1. The first-order chi connectivity index (χ1) is 11.0. The molecule has 0 N–H and O–H groups in total. The third kappa shape index (κ3) is 4.30. The number of ketones is 1. The van der Waals surface area contributed by atoms with Crippen LogP contribution in [0.25, 0.3) is 0 Å². The van der Waals surface area contributed by atoms with E-state index in [0.29, 0.717) is 0 Å². The zero-order valence-corrected chi connectivity index (χ0v) is 15.0. The van der Waals surface area contributed by atoms with Gasteiger partial charge in [0.25, 0.3) is 0 Å². The van der Waals surface area contributed by atoms with Crippen LogP contribution in [-0.2, 0) is 9.16 Å². The zero-order chi connectivity index (χ0) is 18.1. The van der Waals surface area contributed by atoms with Crippen LogP contribution < -0.4 is 0 Å². The second-order valence-corrected chi connectivity index (χ2v) is 11.2. The molecule has 1 unspecified atom stereocenters. The normalized spacial score (nSPS) is 25.3. The lowest BCUT2D eigenvalue weighted by Gasteiger charge is -2.37. The van der Waals surface area contributed by atoms with Crippen molar-refractivity contribution in [3.63, 3.8) is 0 Å². The van der Waals surface area contributed by atoms with E-state index in [1.165, 1.54) is 31.6 Å². The average Bonchev–Trinajstić information content (AvgIpc) is 2.97. The van der Waals surface area contributed by atoms with Crippen LogP contribution in [0, 0.1) is 11.8 Å². The van der Waals surface area contributed by atoms with Crippen molar-refractivity contribution in [2.24, 2.45) is 11.8 Å². The molecule has 1 aliphatic carbocycles. The molecule has 1 heterocycles. The van der Waals surface area contributed by atoms with Crippen molar-refractivity contribution in [2.45, 2.75) is 38.3 Å². The quantitative estimate of drug-likeness (QED) is 0.575. The molecule has 3 atom stereocenters. The molecular formula is C16H21F3O4Si. The highest BCUT2D eigenvalue weighted by Gasteiger charge is 2.53. The molecule has 0 saturated carbocycles. The minimum atomic E-state index is -4.55. The third-order valence-corrected chi connectivity index (χ3v) is 4.63. The lowest BCUT2D eigenvalue weighted by molar-refractivity contribution is -0.195. The van der Waals surface area contributed by atoms with Crippen LogP contribution in [0.15, 0.2) is 34.6 Å². The molecule has 0 aliphatic heterocycles. The molecule has 0 radical (unpaired) electrons. The van der Waals surface area contributed by atoms with Crippen molar-refractivity contribution in [1.29, 1.82) is 0 Å². The first-order valence-electron chi connectivity index (χ1n) is 7.60. The predicted octanol–water partition coefficient (Wildman–Crippen LogP) is 4.41. The van der Waals surface area contributed by atoms with Crippen LogP contribution >= 0.6 is 0 Å². The summed E-state index contributed by atoms with van der Waals surface area (Å²) in [6.45, 7) is 5.66. The van der Waals surface area contributed by atoms with Gasteiger partial charge in [-0.1, -0.05) is 0 Å². The van der Waals surface area contributed by atoms with Crippen LogP contribution in [0.2, 0.25) is 19.6 Å². The van der Waals surface area contributed by atoms with Crippen LogP contribution in [0.3, 0.4) is 0 Å². The van der Waals surface area contributed by atoms with Crippen molar-refractivity contribution < 1.29 is 31.5 Å². The van der Waals surface area contributed by atoms with Crippen LogP contribution in [0.1, 0.15) is 17.0 Å². The maximum atomic E-state index is 13.6. The van der Waals surface area contributed by atoms with Crippen LogP contribution in [0.4, 0.5) is 13.2 Å². The molecule has 134 valence electrons. The number of alkyl halides is 3. The van der Waals surface area contributed by atoms with E-state index in [1.54, 1.807) is 0 Å². The Morgan fingerprint density at radius 3 is 2.46 bits per heavy atom. The molecule has 8 heteroatoms.